The fourth-order valence-electron chi connectivity index (χ4n) is 2.69. The molecule has 6 nitrogen and oxygen atoms in total. The fourth-order valence-corrected chi connectivity index (χ4v) is 2.69. The number of nitrogens with zero attached hydrogens (tertiary/aromatic N) is 1. The largest absolute Gasteiger partial charge is 0.449 e. The maximum absolute atomic E-state index is 12.0. The monoisotopic (exact) mass is 284 g/mol. The average molecular weight is 284 g/mol. The second-order valence-electron chi connectivity index (χ2n) is 6.54. The van der Waals surface area contributed by atoms with Gasteiger partial charge in [-0.3, -0.25) is 0 Å². The van der Waals surface area contributed by atoms with Gasteiger partial charge in [0.2, 0.25) is 0 Å². The predicted molar refractivity (Wildman–Crippen MR) is 73.4 cm³/mol. The minimum Gasteiger partial charge on any atom is -0.449 e. The van der Waals surface area contributed by atoms with Crippen LogP contribution < -0.4 is 5.32 Å². The van der Waals surface area contributed by atoms with Crippen molar-refractivity contribution in [3.8, 4) is 0 Å². The lowest BCUT2D eigenvalue weighted by Crippen LogP contribution is -2.47. The zero-order valence-electron chi connectivity index (χ0n) is 12.5. The van der Waals surface area contributed by atoms with Crippen LogP contribution in [0.25, 0.3) is 0 Å². The number of piperidine rings is 1. The summed E-state index contributed by atoms with van der Waals surface area (Å²) >= 11 is 0. The molecule has 2 fully saturated rings. The van der Waals surface area contributed by atoms with Crippen LogP contribution in [0, 0.1) is 11.8 Å². The minimum absolute atomic E-state index is 0.232. The molecule has 2 amide bonds. The van der Waals surface area contributed by atoms with E-state index in [2.05, 4.69) is 5.32 Å². The molecule has 2 rings (SSSR count). The molecular weight excluding hydrogens is 260 g/mol. The number of hydrogen-bond acceptors (Lipinski definition) is 4. The number of nitrogens with one attached hydrogen (secondary N) is 1. The number of hydrogen-bond donors (Lipinski definition) is 1. The fraction of sp³-hybridized carbons (Fsp3) is 0.857. The van der Waals surface area contributed by atoms with Crippen LogP contribution in [0.3, 0.4) is 0 Å². The van der Waals surface area contributed by atoms with Crippen LogP contribution in [0.2, 0.25) is 0 Å². The topological polar surface area (TPSA) is 67.9 Å². The highest BCUT2D eigenvalue weighted by Gasteiger charge is 2.32. The van der Waals surface area contributed by atoms with Crippen LogP contribution in [-0.4, -0.2) is 48.9 Å². The summed E-state index contributed by atoms with van der Waals surface area (Å²) in [7, 11) is 0. The van der Waals surface area contributed by atoms with Crippen LogP contribution in [0.4, 0.5) is 9.59 Å². The lowest BCUT2D eigenvalue weighted by molar-refractivity contribution is 0.0117. The number of likely N-dealkylation sites (tertiary alicyclic amines) is 1. The summed E-state index contributed by atoms with van der Waals surface area (Å²) in [5.41, 5.74) is -0.449. The number of ether oxygens (including phenoxy) is 2. The van der Waals surface area contributed by atoms with Crippen molar-refractivity contribution in [3.05, 3.63) is 0 Å². The Balaban J connectivity index is 1.77. The normalized spacial score (nSPS) is 24.9. The molecular formula is C14H24N2O4. The van der Waals surface area contributed by atoms with E-state index in [0.717, 1.165) is 12.8 Å². The van der Waals surface area contributed by atoms with E-state index in [-0.39, 0.29) is 12.2 Å². The Hall–Kier alpha value is -1.46. The van der Waals surface area contributed by atoms with E-state index in [4.69, 9.17) is 9.47 Å². The van der Waals surface area contributed by atoms with Gasteiger partial charge in [0.05, 0.1) is 6.61 Å². The molecule has 0 saturated carbocycles. The van der Waals surface area contributed by atoms with E-state index < -0.39 is 5.60 Å². The first-order valence-corrected chi connectivity index (χ1v) is 7.24. The van der Waals surface area contributed by atoms with Crippen molar-refractivity contribution < 1.29 is 19.1 Å². The summed E-state index contributed by atoms with van der Waals surface area (Å²) in [5, 5.41) is 2.73. The van der Waals surface area contributed by atoms with Gasteiger partial charge in [-0.2, -0.15) is 0 Å². The van der Waals surface area contributed by atoms with E-state index >= 15 is 0 Å². The Morgan fingerprint density at radius 3 is 2.45 bits per heavy atom. The Morgan fingerprint density at radius 2 is 1.95 bits per heavy atom. The van der Waals surface area contributed by atoms with Crippen molar-refractivity contribution in [1.82, 2.24) is 10.2 Å². The summed E-state index contributed by atoms with van der Waals surface area (Å²) in [6.07, 6.45) is 1.31. The number of cyclic esters (lactones) is 1. The smallest absolute Gasteiger partial charge is 0.410 e. The molecule has 2 aliphatic rings. The number of amides is 2. The number of carbonyl (C=O) groups is 2. The Bertz CT molecular complexity index is 360. The first-order valence-electron chi connectivity index (χ1n) is 7.24. The SMILES string of the molecule is CC(C)(C)OC(=O)N1CCC(C2CNC(=O)OC2)CC1. The van der Waals surface area contributed by atoms with E-state index in [1.165, 1.54) is 0 Å². The molecule has 6 heteroatoms. The van der Waals surface area contributed by atoms with Crippen LogP contribution in [0.15, 0.2) is 0 Å². The Morgan fingerprint density at radius 1 is 1.30 bits per heavy atom. The molecule has 0 aromatic rings. The summed E-state index contributed by atoms with van der Waals surface area (Å²) in [4.78, 5) is 24.7. The van der Waals surface area contributed by atoms with E-state index in [0.29, 0.717) is 38.1 Å². The third-order valence-corrected chi connectivity index (χ3v) is 3.80. The van der Waals surface area contributed by atoms with Crippen molar-refractivity contribution in [3.63, 3.8) is 0 Å². The predicted octanol–water partition coefficient (Wildman–Crippen LogP) is 1.99. The second-order valence-corrected chi connectivity index (χ2v) is 6.54. The zero-order chi connectivity index (χ0) is 14.8. The lowest BCUT2D eigenvalue weighted by Gasteiger charge is -2.37. The van der Waals surface area contributed by atoms with Gasteiger partial charge in [0.1, 0.15) is 5.60 Å². The van der Waals surface area contributed by atoms with Crippen molar-refractivity contribution in [2.75, 3.05) is 26.2 Å². The van der Waals surface area contributed by atoms with Gasteiger partial charge >= 0.3 is 12.2 Å². The molecule has 0 spiro atoms. The number of alkyl carbamates (subject to hydrolysis) is 1. The quantitative estimate of drug-likeness (QED) is 0.799. The van der Waals surface area contributed by atoms with Gasteiger partial charge < -0.3 is 19.7 Å². The van der Waals surface area contributed by atoms with Gasteiger partial charge in [0, 0.05) is 25.6 Å². The molecule has 0 bridgehead atoms. The molecule has 0 aromatic heterocycles. The average Bonchev–Trinajstić information content (AvgIpc) is 2.38. The molecule has 1 atom stereocenters. The molecule has 20 heavy (non-hydrogen) atoms. The first kappa shape index (κ1) is 14.9. The second kappa shape index (κ2) is 5.89. The molecule has 0 radical (unpaired) electrons. The summed E-state index contributed by atoms with van der Waals surface area (Å²) < 4.78 is 10.4. The molecule has 2 heterocycles. The zero-order valence-corrected chi connectivity index (χ0v) is 12.5. The molecule has 1 unspecified atom stereocenters. The van der Waals surface area contributed by atoms with Gasteiger partial charge in [-0.25, -0.2) is 9.59 Å². The lowest BCUT2D eigenvalue weighted by atomic mass is 9.84. The molecule has 0 aromatic carbocycles. The Labute approximate surface area is 119 Å². The van der Waals surface area contributed by atoms with Crippen LogP contribution in [0.5, 0.6) is 0 Å². The number of rotatable bonds is 1. The van der Waals surface area contributed by atoms with Crippen LogP contribution in [-0.2, 0) is 9.47 Å². The van der Waals surface area contributed by atoms with Gasteiger partial charge in [-0.15, -0.1) is 0 Å². The van der Waals surface area contributed by atoms with E-state index in [1.807, 2.05) is 20.8 Å². The van der Waals surface area contributed by atoms with E-state index in [9.17, 15) is 9.59 Å². The third-order valence-electron chi connectivity index (χ3n) is 3.80. The molecule has 1 N–H and O–H groups in total. The van der Waals surface area contributed by atoms with Crippen molar-refractivity contribution >= 4 is 12.2 Å². The van der Waals surface area contributed by atoms with Crippen LogP contribution >= 0.6 is 0 Å². The minimum atomic E-state index is -0.449. The maximum Gasteiger partial charge on any atom is 0.410 e. The van der Waals surface area contributed by atoms with Gasteiger partial charge in [0.15, 0.2) is 0 Å². The standard InChI is InChI=1S/C14H24N2O4/c1-14(2,3)20-13(18)16-6-4-10(5-7-16)11-8-15-12(17)19-9-11/h10-11H,4-9H2,1-3H3,(H,15,17). The van der Waals surface area contributed by atoms with E-state index in [1.54, 1.807) is 4.90 Å². The highest BCUT2D eigenvalue weighted by molar-refractivity contribution is 5.68. The van der Waals surface area contributed by atoms with Gasteiger partial charge in [-0.1, -0.05) is 0 Å². The molecule has 114 valence electrons. The van der Waals surface area contributed by atoms with Crippen molar-refractivity contribution in [2.24, 2.45) is 11.8 Å². The molecule has 0 aliphatic carbocycles. The number of carbonyl (C=O) groups excluding carboxylic acids is 2. The highest BCUT2D eigenvalue weighted by Crippen LogP contribution is 2.27. The van der Waals surface area contributed by atoms with Gasteiger partial charge in [-0.05, 0) is 39.5 Å². The van der Waals surface area contributed by atoms with Crippen molar-refractivity contribution in [1.29, 1.82) is 0 Å². The van der Waals surface area contributed by atoms with Gasteiger partial charge in [0.25, 0.3) is 0 Å². The summed E-state index contributed by atoms with van der Waals surface area (Å²) in [6, 6.07) is 0. The Kier molecular flexibility index (Phi) is 4.40. The van der Waals surface area contributed by atoms with Crippen LogP contribution in [0.1, 0.15) is 33.6 Å². The molecule has 2 saturated heterocycles. The highest BCUT2D eigenvalue weighted by atomic mass is 16.6. The summed E-state index contributed by atoms with van der Waals surface area (Å²) in [6.45, 7) is 8.21. The third kappa shape index (κ3) is 4.02. The maximum atomic E-state index is 12.0. The molecule has 2 aliphatic heterocycles. The van der Waals surface area contributed by atoms with Crippen molar-refractivity contribution in [2.45, 2.75) is 39.2 Å². The summed E-state index contributed by atoms with van der Waals surface area (Å²) in [5.74, 6) is 0.850. The first-order chi connectivity index (χ1) is 9.35.